The van der Waals surface area contributed by atoms with Gasteiger partial charge in [0.1, 0.15) is 0 Å². The molecule has 3 heteroatoms. The summed E-state index contributed by atoms with van der Waals surface area (Å²) in [6.07, 6.45) is 5.04. The summed E-state index contributed by atoms with van der Waals surface area (Å²) in [7, 11) is 4.50. The number of rotatable bonds is 2. The summed E-state index contributed by atoms with van der Waals surface area (Å²) in [4.78, 5) is 4.96. The average molecular weight is 259 g/mol. The van der Waals surface area contributed by atoms with Gasteiger partial charge in [-0.3, -0.25) is 0 Å². The van der Waals surface area contributed by atoms with Crippen molar-refractivity contribution < 1.29 is 0 Å². The summed E-state index contributed by atoms with van der Waals surface area (Å²) in [5.74, 6) is 0. The lowest BCUT2D eigenvalue weighted by Gasteiger charge is -2.38. The molecule has 1 aromatic rings. The largest absolute Gasteiger partial charge is 0.385 e. The lowest BCUT2D eigenvalue weighted by atomic mass is 9.98. The first kappa shape index (κ1) is 12.8. The highest BCUT2D eigenvalue weighted by Crippen LogP contribution is 2.33. The third kappa shape index (κ3) is 2.57. The van der Waals surface area contributed by atoms with E-state index >= 15 is 0 Å². The maximum Gasteiger partial charge on any atom is 0.0419 e. The Morgan fingerprint density at radius 2 is 2.05 bits per heavy atom. The van der Waals surface area contributed by atoms with Gasteiger partial charge in [0.2, 0.25) is 0 Å². The Morgan fingerprint density at radius 1 is 1.26 bits per heavy atom. The highest BCUT2D eigenvalue weighted by Gasteiger charge is 2.23. The van der Waals surface area contributed by atoms with Crippen molar-refractivity contribution in [2.24, 2.45) is 0 Å². The highest BCUT2D eigenvalue weighted by atomic mass is 15.2. The molecule has 0 unspecified atom stereocenters. The predicted octanol–water partition coefficient (Wildman–Crippen LogP) is 2.58. The molecular formula is C16H25N3. The quantitative estimate of drug-likeness (QED) is 0.880. The van der Waals surface area contributed by atoms with Crippen molar-refractivity contribution >= 4 is 11.4 Å². The van der Waals surface area contributed by atoms with E-state index in [0.29, 0.717) is 6.04 Å². The number of nitrogens with one attached hydrogen (secondary N) is 1. The van der Waals surface area contributed by atoms with Crippen molar-refractivity contribution in [3.63, 3.8) is 0 Å². The molecule has 3 nitrogen and oxygen atoms in total. The van der Waals surface area contributed by atoms with Crippen molar-refractivity contribution in [2.75, 3.05) is 43.9 Å². The van der Waals surface area contributed by atoms with Gasteiger partial charge in [-0.15, -0.1) is 0 Å². The van der Waals surface area contributed by atoms with E-state index in [0.717, 1.165) is 6.54 Å². The van der Waals surface area contributed by atoms with Gasteiger partial charge >= 0.3 is 0 Å². The van der Waals surface area contributed by atoms with Gasteiger partial charge < -0.3 is 15.1 Å². The van der Waals surface area contributed by atoms with Gasteiger partial charge in [-0.1, -0.05) is 6.07 Å². The fourth-order valence-corrected chi connectivity index (χ4v) is 3.40. The van der Waals surface area contributed by atoms with Crippen LogP contribution in [0.5, 0.6) is 0 Å². The maximum absolute atomic E-state index is 3.53. The fourth-order valence-electron chi connectivity index (χ4n) is 3.40. The highest BCUT2D eigenvalue weighted by molar-refractivity contribution is 5.68. The third-order valence-electron chi connectivity index (χ3n) is 4.69. The number of piperidine rings is 1. The molecule has 1 saturated heterocycles. The number of benzene rings is 1. The molecule has 104 valence electrons. The Labute approximate surface area is 116 Å². The van der Waals surface area contributed by atoms with Crippen LogP contribution < -0.4 is 10.2 Å². The van der Waals surface area contributed by atoms with Crippen LogP contribution in [0, 0.1) is 0 Å². The SMILES string of the molecule is CN1CCC(N(C)c2cccc3c2CCCN3)CC1. The van der Waals surface area contributed by atoms with Gasteiger partial charge in [0.15, 0.2) is 0 Å². The fraction of sp³-hybridized carbons (Fsp3) is 0.625. The van der Waals surface area contributed by atoms with Crippen LogP contribution in [0.2, 0.25) is 0 Å². The summed E-state index contributed by atoms with van der Waals surface area (Å²) >= 11 is 0. The summed E-state index contributed by atoms with van der Waals surface area (Å²) in [6, 6.07) is 7.41. The molecule has 0 amide bonds. The van der Waals surface area contributed by atoms with Crippen LogP contribution >= 0.6 is 0 Å². The van der Waals surface area contributed by atoms with E-state index in [9.17, 15) is 0 Å². The average Bonchev–Trinajstić information content (AvgIpc) is 2.47. The molecule has 1 aromatic carbocycles. The second-order valence-electron chi connectivity index (χ2n) is 5.98. The van der Waals surface area contributed by atoms with Gasteiger partial charge in [0, 0.05) is 31.0 Å². The van der Waals surface area contributed by atoms with Gasteiger partial charge in [-0.05, 0) is 63.5 Å². The first-order valence-electron chi connectivity index (χ1n) is 7.53. The van der Waals surface area contributed by atoms with Crippen molar-refractivity contribution in [2.45, 2.75) is 31.7 Å². The first-order chi connectivity index (χ1) is 9.25. The van der Waals surface area contributed by atoms with Crippen molar-refractivity contribution in [1.29, 1.82) is 0 Å². The molecule has 19 heavy (non-hydrogen) atoms. The standard InChI is InChI=1S/C16H25N3/c1-18-11-8-13(9-12-18)19(2)16-7-3-6-15-14(16)5-4-10-17-15/h3,6-7,13,17H,4-5,8-12H2,1-2H3. The second-order valence-corrected chi connectivity index (χ2v) is 5.98. The van der Waals surface area contributed by atoms with Crippen LogP contribution in [0.1, 0.15) is 24.8 Å². The molecule has 1 fully saturated rings. The lowest BCUT2D eigenvalue weighted by Crippen LogP contribution is -2.42. The minimum atomic E-state index is 0.699. The molecule has 0 atom stereocenters. The minimum absolute atomic E-state index is 0.699. The molecule has 3 rings (SSSR count). The van der Waals surface area contributed by atoms with Crippen LogP contribution in [-0.2, 0) is 6.42 Å². The molecular weight excluding hydrogens is 234 g/mol. The van der Waals surface area contributed by atoms with Crippen molar-refractivity contribution in [1.82, 2.24) is 4.90 Å². The van der Waals surface area contributed by atoms with E-state index in [-0.39, 0.29) is 0 Å². The Kier molecular flexibility index (Phi) is 3.65. The predicted molar refractivity (Wildman–Crippen MR) is 82.2 cm³/mol. The normalized spacial score (nSPS) is 20.7. The maximum atomic E-state index is 3.53. The van der Waals surface area contributed by atoms with Crippen LogP contribution in [0.15, 0.2) is 18.2 Å². The summed E-state index contributed by atoms with van der Waals surface area (Å²) in [5, 5.41) is 3.53. The molecule has 2 aliphatic heterocycles. The number of hydrogen-bond donors (Lipinski definition) is 1. The molecule has 0 saturated carbocycles. The summed E-state index contributed by atoms with van der Waals surface area (Å²) < 4.78 is 0. The molecule has 2 heterocycles. The van der Waals surface area contributed by atoms with Gasteiger partial charge in [-0.25, -0.2) is 0 Å². The van der Waals surface area contributed by atoms with Crippen LogP contribution in [0.3, 0.4) is 0 Å². The Balaban J connectivity index is 1.81. The number of fused-ring (bicyclic) bond motifs is 1. The monoisotopic (exact) mass is 259 g/mol. The Hall–Kier alpha value is -1.22. The van der Waals surface area contributed by atoms with E-state index < -0.39 is 0 Å². The first-order valence-corrected chi connectivity index (χ1v) is 7.53. The summed E-state index contributed by atoms with van der Waals surface area (Å²) in [5.41, 5.74) is 4.32. The van der Waals surface area contributed by atoms with Crippen LogP contribution in [-0.4, -0.2) is 44.7 Å². The number of anilines is 2. The molecule has 0 radical (unpaired) electrons. The lowest BCUT2D eigenvalue weighted by molar-refractivity contribution is 0.252. The van der Waals surface area contributed by atoms with Crippen LogP contribution in [0.25, 0.3) is 0 Å². The van der Waals surface area contributed by atoms with Gasteiger partial charge in [0.25, 0.3) is 0 Å². The number of likely N-dealkylation sites (tertiary alicyclic amines) is 1. The van der Waals surface area contributed by atoms with E-state index in [1.807, 2.05) is 0 Å². The molecule has 0 spiro atoms. The van der Waals surface area contributed by atoms with Gasteiger partial charge in [0.05, 0.1) is 0 Å². The Bertz CT molecular complexity index is 436. The molecule has 0 bridgehead atoms. The molecule has 0 aliphatic carbocycles. The zero-order valence-electron chi connectivity index (χ0n) is 12.2. The molecule has 2 aliphatic rings. The second kappa shape index (κ2) is 5.41. The van der Waals surface area contributed by atoms with E-state index in [1.54, 1.807) is 0 Å². The Morgan fingerprint density at radius 3 is 2.84 bits per heavy atom. The zero-order chi connectivity index (χ0) is 13.2. The third-order valence-corrected chi connectivity index (χ3v) is 4.69. The molecule has 1 N–H and O–H groups in total. The number of hydrogen-bond acceptors (Lipinski definition) is 3. The van der Waals surface area contributed by atoms with Gasteiger partial charge in [-0.2, -0.15) is 0 Å². The molecule has 0 aromatic heterocycles. The zero-order valence-corrected chi connectivity index (χ0v) is 12.2. The van der Waals surface area contributed by atoms with E-state index in [1.165, 1.54) is 55.7 Å². The smallest absolute Gasteiger partial charge is 0.0419 e. The van der Waals surface area contributed by atoms with E-state index in [4.69, 9.17) is 0 Å². The van der Waals surface area contributed by atoms with E-state index in [2.05, 4.69) is 47.4 Å². The summed E-state index contributed by atoms with van der Waals surface area (Å²) in [6.45, 7) is 3.57. The van der Waals surface area contributed by atoms with Crippen LogP contribution in [0.4, 0.5) is 11.4 Å². The van der Waals surface area contributed by atoms with Crippen molar-refractivity contribution in [3.05, 3.63) is 23.8 Å². The minimum Gasteiger partial charge on any atom is -0.385 e. The topological polar surface area (TPSA) is 18.5 Å². The van der Waals surface area contributed by atoms with Crippen molar-refractivity contribution in [3.8, 4) is 0 Å². The number of nitrogens with zero attached hydrogens (tertiary/aromatic N) is 2.